The van der Waals surface area contributed by atoms with Gasteiger partial charge in [-0.2, -0.15) is 0 Å². The third-order valence-electron chi connectivity index (χ3n) is 6.24. The fourth-order valence-electron chi connectivity index (χ4n) is 4.08. The first-order valence-electron chi connectivity index (χ1n) is 12.4. The number of aromatic amines is 1. The molecule has 2 aromatic heterocycles. The Bertz CT molecular complexity index is 1180. The van der Waals surface area contributed by atoms with E-state index in [0.717, 1.165) is 56.1 Å². The van der Waals surface area contributed by atoms with Crippen molar-refractivity contribution in [3.05, 3.63) is 52.8 Å². The second-order valence-corrected chi connectivity index (χ2v) is 9.06. The van der Waals surface area contributed by atoms with Crippen molar-refractivity contribution in [3.8, 4) is 11.3 Å². The largest absolute Gasteiger partial charge is 0.441 e. The molecule has 1 amide bonds. The lowest BCUT2D eigenvalue weighted by Gasteiger charge is -2.34. The number of nitrogens with one attached hydrogen (secondary N) is 2. The van der Waals surface area contributed by atoms with Crippen molar-refractivity contribution >= 4 is 22.6 Å². The first-order valence-corrected chi connectivity index (χ1v) is 12.4. The SMILES string of the molecule is CCC(=O)CCCCCCc1ncc(-c2cc3ccccc3[nH]c2=O)o1.CNC(=O)C1CN(C)C1. The number of carbonyl (C=O) groups excluding carboxylic acids is 2. The van der Waals surface area contributed by atoms with E-state index in [9.17, 15) is 14.4 Å². The number of aromatic nitrogens is 2. The van der Waals surface area contributed by atoms with Gasteiger partial charge in [-0.25, -0.2) is 4.98 Å². The maximum absolute atomic E-state index is 12.3. The lowest BCUT2D eigenvalue weighted by molar-refractivity contribution is -0.129. The first-order chi connectivity index (χ1) is 16.9. The highest BCUT2D eigenvalue weighted by molar-refractivity contribution is 5.82. The van der Waals surface area contributed by atoms with E-state index in [1.165, 1.54) is 0 Å². The number of oxazole rings is 1. The van der Waals surface area contributed by atoms with Gasteiger partial charge in [0.1, 0.15) is 5.78 Å². The Balaban J connectivity index is 0.000000320. The molecule has 4 rings (SSSR count). The summed E-state index contributed by atoms with van der Waals surface area (Å²) in [6, 6.07) is 9.49. The Morgan fingerprint density at radius 2 is 1.91 bits per heavy atom. The van der Waals surface area contributed by atoms with Gasteiger partial charge in [-0.05, 0) is 37.4 Å². The van der Waals surface area contributed by atoms with Crippen LogP contribution in [0.25, 0.3) is 22.2 Å². The van der Waals surface area contributed by atoms with Crippen molar-refractivity contribution < 1.29 is 14.0 Å². The molecule has 3 heterocycles. The number of H-pyrrole nitrogens is 1. The zero-order valence-electron chi connectivity index (χ0n) is 20.9. The van der Waals surface area contributed by atoms with Crippen LogP contribution in [-0.4, -0.2) is 53.7 Å². The summed E-state index contributed by atoms with van der Waals surface area (Å²) in [7, 11) is 3.69. The predicted molar refractivity (Wildman–Crippen MR) is 137 cm³/mol. The van der Waals surface area contributed by atoms with Gasteiger partial charge in [0.15, 0.2) is 11.7 Å². The highest BCUT2D eigenvalue weighted by atomic mass is 16.4. The van der Waals surface area contributed by atoms with E-state index in [4.69, 9.17) is 4.42 Å². The van der Waals surface area contributed by atoms with Gasteiger partial charge in [0.25, 0.3) is 5.56 Å². The Morgan fingerprint density at radius 3 is 2.63 bits per heavy atom. The summed E-state index contributed by atoms with van der Waals surface area (Å²) in [4.78, 5) is 43.6. The van der Waals surface area contributed by atoms with E-state index in [1.54, 1.807) is 13.2 Å². The van der Waals surface area contributed by atoms with E-state index in [2.05, 4.69) is 20.2 Å². The fraction of sp³-hybridized carbons (Fsp3) is 0.481. The summed E-state index contributed by atoms with van der Waals surface area (Å²) in [5.74, 6) is 1.91. The maximum atomic E-state index is 12.3. The van der Waals surface area contributed by atoms with Gasteiger partial charge < -0.3 is 19.6 Å². The third-order valence-corrected chi connectivity index (χ3v) is 6.24. The molecule has 0 unspecified atom stereocenters. The molecule has 1 aromatic carbocycles. The molecule has 0 radical (unpaired) electrons. The number of benzene rings is 1. The van der Waals surface area contributed by atoms with Gasteiger partial charge in [-0.15, -0.1) is 0 Å². The molecule has 188 valence electrons. The molecule has 3 aromatic rings. The second kappa shape index (κ2) is 13.0. The van der Waals surface area contributed by atoms with Crippen LogP contribution in [0.5, 0.6) is 0 Å². The summed E-state index contributed by atoms with van der Waals surface area (Å²) in [5, 5.41) is 3.58. The van der Waals surface area contributed by atoms with Crippen molar-refractivity contribution in [2.45, 2.75) is 51.9 Å². The van der Waals surface area contributed by atoms with Crippen LogP contribution in [-0.2, 0) is 16.0 Å². The average Bonchev–Trinajstić information content (AvgIpc) is 3.32. The zero-order chi connectivity index (χ0) is 25.2. The van der Waals surface area contributed by atoms with Crippen LogP contribution in [0.4, 0.5) is 0 Å². The summed E-state index contributed by atoms with van der Waals surface area (Å²) in [5.41, 5.74) is 1.13. The number of rotatable bonds is 10. The highest BCUT2D eigenvalue weighted by Gasteiger charge is 2.28. The highest BCUT2D eigenvalue weighted by Crippen LogP contribution is 2.21. The standard InChI is InChI=1S/C21H24N2O3.C6H12N2O/c1-2-16(24)10-5-3-4-6-12-20-22-14-19(26-20)17-13-15-9-7-8-11-18(15)23-21(17)25;1-7-6(9)5-3-8(2)4-5/h7-9,11,13-14H,2-6,10,12H2,1H3,(H,23,25);5H,3-4H2,1-2H3,(H,7,9). The third kappa shape index (κ3) is 7.62. The molecule has 8 heteroatoms. The number of para-hydroxylation sites is 1. The number of pyridine rings is 1. The molecule has 0 atom stereocenters. The van der Waals surface area contributed by atoms with E-state index in [-0.39, 0.29) is 17.4 Å². The first kappa shape index (κ1) is 26.3. The Labute approximate surface area is 206 Å². The van der Waals surface area contributed by atoms with Gasteiger partial charge in [-0.3, -0.25) is 14.4 Å². The van der Waals surface area contributed by atoms with Gasteiger partial charge in [0.05, 0.1) is 17.7 Å². The quantitative estimate of drug-likeness (QED) is 0.426. The molecule has 0 bridgehead atoms. The zero-order valence-corrected chi connectivity index (χ0v) is 20.9. The number of ketones is 1. The number of hydrogen-bond acceptors (Lipinski definition) is 6. The number of nitrogens with zero attached hydrogens (tertiary/aromatic N) is 2. The van der Waals surface area contributed by atoms with Crippen LogP contribution < -0.4 is 10.9 Å². The van der Waals surface area contributed by atoms with Crippen molar-refractivity contribution in [2.24, 2.45) is 5.92 Å². The Kier molecular flexibility index (Phi) is 9.78. The van der Waals surface area contributed by atoms with Crippen molar-refractivity contribution in [3.63, 3.8) is 0 Å². The number of amides is 1. The normalized spacial score (nSPS) is 13.7. The number of hydrogen-bond donors (Lipinski definition) is 2. The molecule has 8 nitrogen and oxygen atoms in total. The minimum atomic E-state index is -0.174. The van der Waals surface area contributed by atoms with Crippen LogP contribution >= 0.6 is 0 Å². The summed E-state index contributed by atoms with van der Waals surface area (Å²) in [6.07, 6.45) is 7.69. The molecule has 1 saturated heterocycles. The van der Waals surface area contributed by atoms with Crippen LogP contribution in [0.3, 0.4) is 0 Å². The number of Topliss-reactive ketones (excluding diaryl/α,β-unsaturated/α-hetero) is 1. The Hall–Kier alpha value is -3.26. The lowest BCUT2D eigenvalue weighted by Crippen LogP contribution is -2.50. The van der Waals surface area contributed by atoms with E-state index < -0.39 is 0 Å². The molecular weight excluding hydrogens is 444 g/mol. The van der Waals surface area contributed by atoms with Gasteiger partial charge in [-0.1, -0.05) is 38.0 Å². The molecule has 2 N–H and O–H groups in total. The van der Waals surface area contributed by atoms with Crippen molar-refractivity contribution in [1.29, 1.82) is 0 Å². The van der Waals surface area contributed by atoms with Gasteiger partial charge in [0, 0.05) is 44.9 Å². The summed E-state index contributed by atoms with van der Waals surface area (Å²) < 4.78 is 5.78. The van der Waals surface area contributed by atoms with Crippen LogP contribution in [0.15, 0.2) is 45.7 Å². The van der Waals surface area contributed by atoms with Crippen molar-refractivity contribution in [1.82, 2.24) is 20.2 Å². The molecule has 1 aliphatic rings. The van der Waals surface area contributed by atoms with Crippen LogP contribution in [0.1, 0.15) is 51.3 Å². The molecule has 1 fully saturated rings. The number of carbonyl (C=O) groups is 2. The topological polar surface area (TPSA) is 108 Å². The number of aryl methyl sites for hydroxylation is 1. The van der Waals surface area contributed by atoms with E-state index >= 15 is 0 Å². The molecule has 1 aliphatic heterocycles. The van der Waals surface area contributed by atoms with Crippen LogP contribution in [0.2, 0.25) is 0 Å². The molecule has 0 saturated carbocycles. The lowest BCUT2D eigenvalue weighted by atomic mass is 10.0. The number of unbranched alkanes of at least 4 members (excludes halogenated alkanes) is 3. The van der Waals surface area contributed by atoms with Crippen LogP contribution in [0, 0.1) is 5.92 Å². The summed E-state index contributed by atoms with van der Waals surface area (Å²) >= 11 is 0. The summed E-state index contributed by atoms with van der Waals surface area (Å²) in [6.45, 7) is 3.74. The van der Waals surface area contributed by atoms with Gasteiger partial charge in [0.2, 0.25) is 5.91 Å². The second-order valence-electron chi connectivity index (χ2n) is 9.06. The van der Waals surface area contributed by atoms with Gasteiger partial charge >= 0.3 is 0 Å². The average molecular weight is 481 g/mol. The molecule has 35 heavy (non-hydrogen) atoms. The molecule has 0 spiro atoms. The molecule has 0 aliphatic carbocycles. The Morgan fingerprint density at radius 1 is 1.17 bits per heavy atom. The maximum Gasteiger partial charge on any atom is 0.259 e. The van der Waals surface area contributed by atoms with E-state index in [0.29, 0.717) is 35.8 Å². The fourth-order valence-corrected chi connectivity index (χ4v) is 4.08. The number of likely N-dealkylation sites (tertiary alicyclic amines) is 1. The van der Waals surface area contributed by atoms with Crippen molar-refractivity contribution in [2.75, 3.05) is 27.2 Å². The van der Waals surface area contributed by atoms with E-state index in [1.807, 2.05) is 44.3 Å². The predicted octanol–water partition coefficient (Wildman–Crippen LogP) is 3.95. The smallest absolute Gasteiger partial charge is 0.259 e. The minimum absolute atomic E-state index is 0.174. The molecular formula is C27H36N4O4. The minimum Gasteiger partial charge on any atom is -0.441 e. The number of fused-ring (bicyclic) bond motifs is 1. The monoisotopic (exact) mass is 480 g/mol.